The average molecular weight is 445 g/mol. The summed E-state index contributed by atoms with van der Waals surface area (Å²) in [6.45, 7) is 4.17. The van der Waals surface area contributed by atoms with Gasteiger partial charge >= 0.3 is 0 Å². The van der Waals surface area contributed by atoms with E-state index in [4.69, 9.17) is 4.98 Å². The summed E-state index contributed by atoms with van der Waals surface area (Å²) >= 11 is 2.89. The molecule has 0 N–H and O–H groups in total. The lowest BCUT2D eigenvalue weighted by molar-refractivity contribution is 0.102. The number of thioether (sulfide) groups is 1. The van der Waals surface area contributed by atoms with Gasteiger partial charge in [0.1, 0.15) is 4.83 Å². The molecule has 5 rings (SSSR count). The minimum atomic E-state index is -0.0450. The number of carbonyl (C=O) groups is 1. The van der Waals surface area contributed by atoms with Crippen molar-refractivity contribution in [1.29, 1.82) is 0 Å². The highest BCUT2D eigenvalue weighted by molar-refractivity contribution is 7.99. The van der Waals surface area contributed by atoms with Crippen LogP contribution in [0.2, 0.25) is 0 Å². The van der Waals surface area contributed by atoms with Crippen LogP contribution < -0.4 is 5.56 Å². The summed E-state index contributed by atoms with van der Waals surface area (Å²) in [7, 11) is 0. The number of fused-ring (bicyclic) bond motifs is 5. The van der Waals surface area contributed by atoms with E-state index >= 15 is 0 Å². The highest BCUT2D eigenvalue weighted by Gasteiger charge is 2.25. The van der Waals surface area contributed by atoms with Crippen LogP contribution in [-0.4, -0.2) is 21.1 Å². The summed E-state index contributed by atoms with van der Waals surface area (Å²) in [5.41, 5.74) is 4.24. The summed E-state index contributed by atoms with van der Waals surface area (Å²) in [6.07, 6.45) is 3.47. The van der Waals surface area contributed by atoms with E-state index in [1.165, 1.54) is 22.9 Å². The molecule has 4 aromatic rings. The van der Waals surface area contributed by atoms with Gasteiger partial charge in [-0.15, -0.1) is 17.9 Å². The van der Waals surface area contributed by atoms with Gasteiger partial charge in [0.2, 0.25) is 0 Å². The predicted octanol–water partition coefficient (Wildman–Crippen LogP) is 5.38. The Bertz CT molecular complexity index is 1370. The Morgan fingerprint density at radius 2 is 1.90 bits per heavy atom. The number of benzene rings is 2. The minimum Gasteiger partial charge on any atom is -0.293 e. The number of ketones is 1. The SMILES string of the molecule is C=CCn1c(SCC(=O)c2ccccc2)nc2sc3c(c2c1=O)CCc1ccccc1-3. The van der Waals surface area contributed by atoms with E-state index in [-0.39, 0.29) is 17.1 Å². The highest BCUT2D eigenvalue weighted by atomic mass is 32.2. The number of carbonyl (C=O) groups excluding carboxylic acids is 1. The number of aryl methyl sites for hydroxylation is 2. The fourth-order valence-electron chi connectivity index (χ4n) is 4.03. The molecule has 31 heavy (non-hydrogen) atoms. The number of hydrogen-bond acceptors (Lipinski definition) is 5. The lowest BCUT2D eigenvalue weighted by atomic mass is 9.90. The third-order valence-electron chi connectivity index (χ3n) is 5.52. The van der Waals surface area contributed by atoms with Gasteiger partial charge in [0.05, 0.1) is 11.1 Å². The number of Topliss-reactive ketones (excluding diaryl/α,β-unsaturated/α-hetero) is 1. The van der Waals surface area contributed by atoms with E-state index in [1.807, 2.05) is 24.3 Å². The van der Waals surface area contributed by atoms with Gasteiger partial charge in [-0.25, -0.2) is 4.98 Å². The maximum absolute atomic E-state index is 13.5. The van der Waals surface area contributed by atoms with Gasteiger partial charge in [-0.3, -0.25) is 14.2 Å². The molecule has 2 aromatic heterocycles. The normalized spacial score (nSPS) is 12.4. The Morgan fingerprint density at radius 3 is 2.71 bits per heavy atom. The lowest BCUT2D eigenvalue weighted by Gasteiger charge is -2.16. The van der Waals surface area contributed by atoms with Crippen LogP contribution >= 0.6 is 23.1 Å². The molecule has 4 nitrogen and oxygen atoms in total. The topological polar surface area (TPSA) is 52.0 Å². The Morgan fingerprint density at radius 1 is 1.13 bits per heavy atom. The van der Waals surface area contributed by atoms with E-state index in [2.05, 4.69) is 24.8 Å². The fourth-order valence-corrected chi connectivity index (χ4v) is 6.26. The Kier molecular flexibility index (Phi) is 5.34. The maximum Gasteiger partial charge on any atom is 0.263 e. The first kappa shape index (κ1) is 20.0. The minimum absolute atomic E-state index is 0.0181. The van der Waals surface area contributed by atoms with Crippen LogP contribution in [0.3, 0.4) is 0 Å². The lowest BCUT2D eigenvalue weighted by Crippen LogP contribution is -2.23. The third kappa shape index (κ3) is 3.56. The Balaban J connectivity index is 1.58. The van der Waals surface area contributed by atoms with Crippen LogP contribution in [-0.2, 0) is 19.4 Å². The number of hydrogen-bond donors (Lipinski definition) is 0. The summed E-state index contributed by atoms with van der Waals surface area (Å²) in [6, 6.07) is 17.6. The number of thiophene rings is 1. The predicted molar refractivity (Wildman–Crippen MR) is 128 cm³/mol. The first-order valence-corrected chi connectivity index (χ1v) is 11.9. The quantitative estimate of drug-likeness (QED) is 0.173. The zero-order chi connectivity index (χ0) is 21.4. The molecule has 1 aliphatic carbocycles. The molecule has 6 heteroatoms. The van der Waals surface area contributed by atoms with E-state index < -0.39 is 0 Å². The molecule has 1 aliphatic rings. The molecule has 0 spiro atoms. The monoisotopic (exact) mass is 444 g/mol. The summed E-state index contributed by atoms with van der Waals surface area (Å²) in [4.78, 5) is 32.8. The molecule has 0 atom stereocenters. The first-order chi connectivity index (χ1) is 15.2. The van der Waals surface area contributed by atoms with E-state index in [9.17, 15) is 9.59 Å². The molecule has 0 amide bonds. The number of aromatic nitrogens is 2. The van der Waals surface area contributed by atoms with Gasteiger partial charge in [-0.2, -0.15) is 0 Å². The van der Waals surface area contributed by atoms with Crippen molar-refractivity contribution in [3.8, 4) is 10.4 Å². The standard InChI is InChI=1S/C25H20N2O2S2/c1-2-14-27-24(29)21-19-13-12-16-8-6-7-11-18(16)22(19)31-23(21)26-25(27)30-15-20(28)17-9-4-3-5-10-17/h2-11H,1,12-15H2. The van der Waals surface area contributed by atoms with E-state index in [0.717, 1.165) is 33.5 Å². The van der Waals surface area contributed by atoms with Crippen LogP contribution in [0.4, 0.5) is 0 Å². The molecule has 0 bridgehead atoms. The molecule has 154 valence electrons. The fraction of sp³-hybridized carbons (Fsp3) is 0.160. The van der Waals surface area contributed by atoms with Crippen molar-refractivity contribution in [1.82, 2.24) is 9.55 Å². The largest absolute Gasteiger partial charge is 0.293 e. The molecule has 0 unspecified atom stereocenters. The maximum atomic E-state index is 13.5. The second-order valence-electron chi connectivity index (χ2n) is 7.42. The highest BCUT2D eigenvalue weighted by Crippen LogP contribution is 2.42. The molecule has 2 heterocycles. The molecule has 0 saturated carbocycles. The molecular weight excluding hydrogens is 424 g/mol. The zero-order valence-electron chi connectivity index (χ0n) is 16.8. The van der Waals surface area contributed by atoms with Crippen molar-refractivity contribution in [2.75, 3.05) is 5.75 Å². The van der Waals surface area contributed by atoms with Crippen LogP contribution in [0, 0.1) is 0 Å². The number of nitrogens with zero attached hydrogens (tertiary/aromatic N) is 2. The zero-order valence-corrected chi connectivity index (χ0v) is 18.5. The van der Waals surface area contributed by atoms with E-state index in [1.54, 1.807) is 34.1 Å². The van der Waals surface area contributed by atoms with E-state index in [0.29, 0.717) is 17.3 Å². The van der Waals surface area contributed by atoms with Crippen LogP contribution in [0.15, 0.2) is 77.2 Å². The summed E-state index contributed by atoms with van der Waals surface area (Å²) in [5, 5.41) is 1.28. The van der Waals surface area contributed by atoms with Crippen molar-refractivity contribution in [2.45, 2.75) is 24.5 Å². The van der Waals surface area contributed by atoms with Crippen molar-refractivity contribution in [3.63, 3.8) is 0 Å². The van der Waals surface area contributed by atoms with Crippen LogP contribution in [0.5, 0.6) is 0 Å². The molecule has 0 fully saturated rings. The Labute approximate surface area is 188 Å². The van der Waals surface area contributed by atoms with Crippen molar-refractivity contribution >= 4 is 39.1 Å². The molecule has 0 radical (unpaired) electrons. The average Bonchev–Trinajstić information content (AvgIpc) is 3.19. The second kappa shape index (κ2) is 8.29. The van der Waals surface area contributed by atoms with Crippen molar-refractivity contribution in [2.24, 2.45) is 0 Å². The van der Waals surface area contributed by atoms with Crippen molar-refractivity contribution in [3.05, 3.63) is 94.3 Å². The van der Waals surface area contributed by atoms with Gasteiger partial charge in [-0.1, -0.05) is 72.4 Å². The Hall–Kier alpha value is -2.96. The number of rotatable bonds is 6. The number of allylic oxidation sites excluding steroid dienone is 1. The summed E-state index contributed by atoms with van der Waals surface area (Å²) in [5.74, 6) is 0.247. The van der Waals surface area contributed by atoms with Crippen LogP contribution in [0.25, 0.3) is 20.7 Å². The smallest absolute Gasteiger partial charge is 0.263 e. The summed E-state index contributed by atoms with van der Waals surface area (Å²) < 4.78 is 1.64. The van der Waals surface area contributed by atoms with Gasteiger partial charge in [0.25, 0.3) is 5.56 Å². The van der Waals surface area contributed by atoms with Crippen molar-refractivity contribution < 1.29 is 4.79 Å². The molecule has 2 aromatic carbocycles. The van der Waals surface area contributed by atoms with Crippen LogP contribution in [0.1, 0.15) is 21.5 Å². The van der Waals surface area contributed by atoms with Gasteiger partial charge in [-0.05, 0) is 29.5 Å². The molecular formula is C25H20N2O2S2. The molecule has 0 saturated heterocycles. The van der Waals surface area contributed by atoms with Gasteiger partial charge in [0, 0.05) is 17.0 Å². The van der Waals surface area contributed by atoms with Gasteiger partial charge in [0.15, 0.2) is 10.9 Å². The van der Waals surface area contributed by atoms with Gasteiger partial charge < -0.3 is 0 Å². The second-order valence-corrected chi connectivity index (χ2v) is 9.37. The third-order valence-corrected chi connectivity index (χ3v) is 7.66. The molecule has 0 aliphatic heterocycles. The first-order valence-electron chi connectivity index (χ1n) is 10.1.